The molecule has 0 bridgehead atoms. The third-order valence-corrected chi connectivity index (χ3v) is 6.07. The summed E-state index contributed by atoms with van der Waals surface area (Å²) in [4.78, 5) is 48.6. The molecule has 1 aliphatic rings. The van der Waals surface area contributed by atoms with Crippen LogP contribution < -0.4 is 11.3 Å². The maximum Gasteiger partial charge on any atom is 0.481 e. The smallest absolute Gasteiger partial charge is 0.386 e. The summed E-state index contributed by atoms with van der Waals surface area (Å²) in [6, 6.07) is 0. The Balaban J connectivity index is 1.83. The molecular formula is C11H17N5O11P2. The molecule has 0 radical (unpaired) electrons. The molecule has 7 N–H and O–H groups in total. The number of aliphatic hydroxyl groups is 1. The van der Waals surface area contributed by atoms with Gasteiger partial charge >= 0.3 is 15.6 Å². The second-order valence-corrected chi connectivity index (χ2v) is 8.70. The van der Waals surface area contributed by atoms with Crippen LogP contribution in [0.25, 0.3) is 11.2 Å². The fourth-order valence-electron chi connectivity index (χ4n) is 2.83. The first-order valence-electron chi connectivity index (χ1n) is 7.75. The molecule has 0 amide bonds. The van der Waals surface area contributed by atoms with Gasteiger partial charge in [-0.3, -0.25) is 18.9 Å². The second-order valence-electron chi connectivity index (χ2n) is 5.87. The van der Waals surface area contributed by atoms with E-state index in [0.717, 1.165) is 0 Å². The number of phosphoric acid groups is 2. The van der Waals surface area contributed by atoms with Crippen molar-refractivity contribution in [2.24, 2.45) is 0 Å². The van der Waals surface area contributed by atoms with Crippen molar-refractivity contribution < 1.29 is 47.2 Å². The van der Waals surface area contributed by atoms with Gasteiger partial charge in [-0.25, -0.2) is 14.1 Å². The molecule has 162 valence electrons. The van der Waals surface area contributed by atoms with Gasteiger partial charge in [-0.1, -0.05) is 0 Å². The second kappa shape index (κ2) is 7.85. The van der Waals surface area contributed by atoms with Gasteiger partial charge in [0.2, 0.25) is 5.95 Å². The largest absolute Gasteiger partial charge is 0.481 e. The summed E-state index contributed by atoms with van der Waals surface area (Å²) in [6.07, 6.45) is -3.66. The van der Waals surface area contributed by atoms with Gasteiger partial charge < -0.3 is 35.0 Å². The Morgan fingerprint density at radius 1 is 1.38 bits per heavy atom. The quantitative estimate of drug-likeness (QED) is 0.251. The molecule has 16 nitrogen and oxygen atoms in total. The molecule has 2 aromatic rings. The molecule has 0 aliphatic carbocycles. The van der Waals surface area contributed by atoms with E-state index in [9.17, 15) is 23.9 Å². The van der Waals surface area contributed by atoms with Crippen LogP contribution in [0, 0.1) is 0 Å². The predicted molar refractivity (Wildman–Crippen MR) is 92.2 cm³/mol. The minimum Gasteiger partial charge on any atom is -0.386 e. The van der Waals surface area contributed by atoms with E-state index >= 15 is 0 Å². The van der Waals surface area contributed by atoms with E-state index in [-0.39, 0.29) is 17.1 Å². The Morgan fingerprint density at radius 3 is 2.69 bits per heavy atom. The van der Waals surface area contributed by atoms with Crippen molar-refractivity contribution in [3.63, 3.8) is 0 Å². The highest BCUT2D eigenvalue weighted by Crippen LogP contribution is 2.57. The van der Waals surface area contributed by atoms with Crippen molar-refractivity contribution in [2.75, 3.05) is 19.5 Å². The van der Waals surface area contributed by atoms with Crippen molar-refractivity contribution >= 4 is 32.8 Å². The van der Waals surface area contributed by atoms with Crippen LogP contribution in [-0.2, 0) is 27.4 Å². The summed E-state index contributed by atoms with van der Waals surface area (Å²) in [5.41, 5.74) is 4.84. The molecule has 0 saturated carbocycles. The number of ether oxygens (including phenoxy) is 2. The van der Waals surface area contributed by atoms with E-state index < -0.39 is 52.4 Å². The van der Waals surface area contributed by atoms with E-state index in [1.807, 2.05) is 0 Å². The monoisotopic (exact) mass is 457 g/mol. The fourth-order valence-corrected chi connectivity index (χ4v) is 4.43. The maximum absolute atomic E-state index is 11.9. The molecule has 1 aliphatic heterocycles. The number of aliphatic hydroxyl groups excluding tert-OH is 1. The first-order valence-corrected chi connectivity index (χ1v) is 10.8. The number of aromatic nitrogens is 4. The van der Waals surface area contributed by atoms with E-state index in [2.05, 4.69) is 23.8 Å². The molecule has 3 rings (SSSR count). The van der Waals surface area contributed by atoms with Crippen LogP contribution in [0.15, 0.2) is 11.1 Å². The van der Waals surface area contributed by atoms with Crippen molar-refractivity contribution in [3.05, 3.63) is 16.7 Å². The number of H-pyrrole nitrogens is 1. The number of nitrogens with two attached hydrogens (primary N) is 1. The molecule has 2 unspecified atom stereocenters. The highest BCUT2D eigenvalue weighted by Gasteiger charge is 2.47. The van der Waals surface area contributed by atoms with E-state index in [0.29, 0.717) is 0 Å². The lowest BCUT2D eigenvalue weighted by atomic mass is 10.1. The van der Waals surface area contributed by atoms with Crippen molar-refractivity contribution in [1.82, 2.24) is 19.5 Å². The molecule has 3 heterocycles. The molecule has 2 aromatic heterocycles. The lowest BCUT2D eigenvalue weighted by molar-refractivity contribution is -0.0526. The predicted octanol–water partition coefficient (Wildman–Crippen LogP) is -1.80. The summed E-state index contributed by atoms with van der Waals surface area (Å²) < 4.78 is 42.4. The van der Waals surface area contributed by atoms with E-state index in [4.69, 9.17) is 25.0 Å². The van der Waals surface area contributed by atoms with Gasteiger partial charge in [0.05, 0.1) is 12.9 Å². The van der Waals surface area contributed by atoms with E-state index in [1.165, 1.54) is 18.0 Å². The molecule has 0 spiro atoms. The van der Waals surface area contributed by atoms with Crippen LogP contribution in [-0.4, -0.2) is 71.3 Å². The molecule has 5 atom stereocenters. The Labute approximate surface area is 161 Å². The van der Waals surface area contributed by atoms with Crippen LogP contribution >= 0.6 is 15.6 Å². The Morgan fingerprint density at radius 2 is 2.07 bits per heavy atom. The average molecular weight is 457 g/mol. The minimum absolute atomic E-state index is 0.00406. The molecule has 1 fully saturated rings. The van der Waals surface area contributed by atoms with Crippen molar-refractivity contribution in [2.45, 2.75) is 24.5 Å². The first kappa shape index (κ1) is 22.0. The fraction of sp³-hybridized carbons (Fsp3) is 0.545. The number of rotatable bonds is 7. The van der Waals surface area contributed by atoms with Gasteiger partial charge in [-0.15, -0.1) is 0 Å². The lowest BCUT2D eigenvalue weighted by Gasteiger charge is -2.19. The normalized spacial score (nSPS) is 27.3. The highest BCUT2D eigenvalue weighted by molar-refractivity contribution is 7.60. The average Bonchev–Trinajstić information content (AvgIpc) is 3.11. The minimum atomic E-state index is -5.30. The Hall–Kier alpha value is -1.71. The van der Waals surface area contributed by atoms with Crippen LogP contribution in [0.4, 0.5) is 5.95 Å². The number of phosphoric ester groups is 1. The van der Waals surface area contributed by atoms with Crippen molar-refractivity contribution in [3.8, 4) is 0 Å². The number of nitrogens with zero attached hydrogens (tertiary/aromatic N) is 3. The topological polar surface area (TPSA) is 242 Å². The van der Waals surface area contributed by atoms with Gasteiger partial charge in [0.25, 0.3) is 5.56 Å². The zero-order valence-electron chi connectivity index (χ0n) is 14.6. The van der Waals surface area contributed by atoms with Crippen LogP contribution in [0.1, 0.15) is 6.23 Å². The van der Waals surface area contributed by atoms with Gasteiger partial charge in [0.1, 0.15) is 18.3 Å². The van der Waals surface area contributed by atoms with Crippen molar-refractivity contribution in [1.29, 1.82) is 0 Å². The number of hydrogen-bond donors (Lipinski definition) is 6. The van der Waals surface area contributed by atoms with Gasteiger partial charge in [-0.05, 0) is 0 Å². The van der Waals surface area contributed by atoms with Gasteiger partial charge in [0.15, 0.2) is 17.4 Å². The summed E-state index contributed by atoms with van der Waals surface area (Å²) in [7, 11) is -9.20. The number of methoxy groups -OCH3 is 1. The molecule has 0 aromatic carbocycles. The summed E-state index contributed by atoms with van der Waals surface area (Å²) in [5.74, 6) is -0.198. The zero-order valence-corrected chi connectivity index (χ0v) is 16.3. The van der Waals surface area contributed by atoms with Crippen LogP contribution in [0.2, 0.25) is 0 Å². The maximum atomic E-state index is 11.9. The first-order chi connectivity index (χ1) is 13.4. The molecule has 18 heteroatoms. The highest BCUT2D eigenvalue weighted by atomic mass is 31.3. The lowest BCUT2D eigenvalue weighted by Crippen LogP contribution is -2.35. The Kier molecular flexibility index (Phi) is 5.95. The van der Waals surface area contributed by atoms with Crippen LogP contribution in [0.3, 0.4) is 0 Å². The number of imidazole rings is 1. The third-order valence-electron chi connectivity index (χ3n) is 3.92. The van der Waals surface area contributed by atoms with E-state index in [1.54, 1.807) is 0 Å². The number of nitrogen functional groups attached to an aromatic ring is 1. The standard InChI is InChI=1S/C11H17N5O11P2/c1-24-7-4(2-25-29(22,23)27-28(19,20)21)26-10(6(7)17)16-3-13-5-8(16)14-11(12)15-9(5)18/h3-4,6-7,10,17H,2H2,1H3,(H,22,23)(H2,19,20,21)(H3,12,14,15,18)/t4-,6?,7+,10-/m1/s1. The van der Waals surface area contributed by atoms with Crippen LogP contribution in [0.5, 0.6) is 0 Å². The van der Waals surface area contributed by atoms with Gasteiger partial charge in [-0.2, -0.15) is 9.29 Å². The summed E-state index contributed by atoms with van der Waals surface area (Å²) in [5, 5.41) is 10.5. The van der Waals surface area contributed by atoms with Gasteiger partial charge in [0, 0.05) is 7.11 Å². The number of fused-ring (bicyclic) bond motifs is 1. The number of anilines is 1. The SMILES string of the molecule is CO[C@@H]1C(O)[C@H](n2cnc3c(=O)[nH]c(N)nc32)O[C@@H]1COP(=O)(O)OP(=O)(O)O. The zero-order chi connectivity index (χ0) is 21.6. The Bertz CT molecular complexity index is 1050. The summed E-state index contributed by atoms with van der Waals surface area (Å²) >= 11 is 0. The summed E-state index contributed by atoms with van der Waals surface area (Å²) in [6.45, 7) is -0.734. The number of hydrogen-bond acceptors (Lipinski definition) is 11. The molecule has 29 heavy (non-hydrogen) atoms. The number of nitrogens with one attached hydrogen (secondary N) is 1. The number of aromatic amines is 1. The molecular weight excluding hydrogens is 440 g/mol. The molecule has 1 saturated heterocycles. The third kappa shape index (κ3) is 4.73.